The van der Waals surface area contributed by atoms with Gasteiger partial charge in [-0.25, -0.2) is 15.0 Å². The number of carbonyl (C=O) groups excluding carboxylic acids is 2. The molecule has 0 aliphatic carbocycles. The van der Waals surface area contributed by atoms with E-state index < -0.39 is 0 Å². The van der Waals surface area contributed by atoms with Gasteiger partial charge in [0.2, 0.25) is 0 Å². The number of carbonyl (C=O) groups is 2. The normalized spacial score (nSPS) is 10.6. The molecule has 2 aromatic heterocycles. The van der Waals surface area contributed by atoms with Crippen molar-refractivity contribution in [3.8, 4) is 22.3 Å². The van der Waals surface area contributed by atoms with Crippen molar-refractivity contribution in [1.82, 2.24) is 15.0 Å². The summed E-state index contributed by atoms with van der Waals surface area (Å²) >= 11 is 0. The van der Waals surface area contributed by atoms with E-state index in [9.17, 15) is 9.59 Å². The number of fused-ring (bicyclic) bond motifs is 1. The van der Waals surface area contributed by atoms with Gasteiger partial charge in [0.25, 0.3) is 5.91 Å². The van der Waals surface area contributed by atoms with Gasteiger partial charge < -0.3 is 5.32 Å². The number of anilines is 1. The van der Waals surface area contributed by atoms with Crippen LogP contribution in [0.25, 0.3) is 33.2 Å². The Morgan fingerprint density at radius 3 is 2.43 bits per heavy atom. The van der Waals surface area contributed by atoms with Crippen LogP contribution in [0.15, 0.2) is 110 Å². The van der Waals surface area contributed by atoms with Crippen LogP contribution < -0.4 is 5.32 Å². The van der Waals surface area contributed by atoms with Crippen LogP contribution in [0.4, 0.5) is 5.82 Å². The molecule has 0 saturated carbocycles. The highest BCUT2D eigenvalue weighted by atomic mass is 16.1. The molecular formula is C29H20N4O2. The van der Waals surface area contributed by atoms with Crippen LogP contribution >= 0.6 is 0 Å². The molecular weight excluding hydrogens is 436 g/mol. The second kappa shape index (κ2) is 9.49. The number of aromatic nitrogens is 3. The molecule has 1 amide bonds. The number of rotatable bonds is 6. The van der Waals surface area contributed by atoms with Gasteiger partial charge in [-0.3, -0.25) is 9.59 Å². The Morgan fingerprint density at radius 1 is 0.800 bits per heavy atom. The maximum absolute atomic E-state index is 12.6. The number of amides is 1. The van der Waals surface area contributed by atoms with Gasteiger partial charge in [-0.15, -0.1) is 0 Å². The molecule has 6 heteroatoms. The highest BCUT2D eigenvalue weighted by Gasteiger charge is 2.12. The summed E-state index contributed by atoms with van der Waals surface area (Å²) in [5.41, 5.74) is 5.51. The Balaban J connectivity index is 1.52. The number of ketones is 1. The molecule has 5 rings (SSSR count). The van der Waals surface area contributed by atoms with Crippen molar-refractivity contribution >= 4 is 28.4 Å². The molecule has 5 aromatic rings. The average molecular weight is 457 g/mol. The molecule has 0 atom stereocenters. The Labute approximate surface area is 202 Å². The minimum Gasteiger partial charge on any atom is -0.307 e. The number of allylic oxidation sites excluding steroid dienone is 1. The number of pyridine rings is 1. The summed E-state index contributed by atoms with van der Waals surface area (Å²) in [6.45, 7) is 3.58. The number of hydrogen-bond acceptors (Lipinski definition) is 5. The standard InChI is InChI=1S/C29H20N4O2/c1-2-26(34)22-7-5-6-21(14-22)25-16-23(15-24-17-30-18-32-28(24)25)19-9-11-20(12-10-19)29(35)33-27-8-3-4-13-31-27/h2-18H,1H2,(H,31,33,35). The summed E-state index contributed by atoms with van der Waals surface area (Å²) in [5.74, 6) is 0.131. The number of nitrogens with one attached hydrogen (secondary N) is 1. The molecule has 0 bridgehead atoms. The lowest BCUT2D eigenvalue weighted by Crippen LogP contribution is -2.12. The van der Waals surface area contributed by atoms with Gasteiger partial charge in [0.15, 0.2) is 5.78 Å². The summed E-state index contributed by atoms with van der Waals surface area (Å²) in [6, 6.07) is 24.2. The first-order chi connectivity index (χ1) is 17.1. The highest BCUT2D eigenvalue weighted by molar-refractivity contribution is 6.06. The van der Waals surface area contributed by atoms with Crippen molar-refractivity contribution in [2.45, 2.75) is 0 Å². The van der Waals surface area contributed by atoms with Crippen molar-refractivity contribution in [3.63, 3.8) is 0 Å². The lowest BCUT2D eigenvalue weighted by atomic mass is 9.94. The molecule has 0 aliphatic heterocycles. The van der Waals surface area contributed by atoms with Crippen molar-refractivity contribution in [2.75, 3.05) is 5.32 Å². The largest absolute Gasteiger partial charge is 0.307 e. The van der Waals surface area contributed by atoms with Gasteiger partial charge in [-0.05, 0) is 65.2 Å². The Hall–Kier alpha value is -4.97. The predicted molar refractivity (Wildman–Crippen MR) is 137 cm³/mol. The van der Waals surface area contributed by atoms with Crippen LogP contribution in [0.2, 0.25) is 0 Å². The molecule has 3 aromatic carbocycles. The molecule has 0 saturated heterocycles. The molecule has 2 heterocycles. The fraction of sp³-hybridized carbons (Fsp3) is 0. The van der Waals surface area contributed by atoms with E-state index >= 15 is 0 Å². The summed E-state index contributed by atoms with van der Waals surface area (Å²) in [7, 11) is 0. The maximum Gasteiger partial charge on any atom is 0.256 e. The monoisotopic (exact) mass is 456 g/mol. The van der Waals surface area contributed by atoms with Gasteiger partial charge in [0.05, 0.1) is 5.52 Å². The smallest absolute Gasteiger partial charge is 0.256 e. The Morgan fingerprint density at radius 2 is 1.66 bits per heavy atom. The van der Waals surface area contributed by atoms with E-state index in [2.05, 4.69) is 26.8 Å². The second-order valence-electron chi connectivity index (χ2n) is 7.88. The first kappa shape index (κ1) is 21.9. The topological polar surface area (TPSA) is 84.8 Å². The molecule has 168 valence electrons. The first-order valence-corrected chi connectivity index (χ1v) is 11.0. The molecule has 1 N–H and O–H groups in total. The van der Waals surface area contributed by atoms with Gasteiger partial charge in [0, 0.05) is 34.5 Å². The molecule has 0 aliphatic rings. The van der Waals surface area contributed by atoms with Gasteiger partial charge >= 0.3 is 0 Å². The van der Waals surface area contributed by atoms with E-state index in [1.54, 1.807) is 42.7 Å². The third-order valence-electron chi connectivity index (χ3n) is 5.64. The zero-order chi connectivity index (χ0) is 24.2. The molecule has 0 fully saturated rings. The summed E-state index contributed by atoms with van der Waals surface area (Å²) in [4.78, 5) is 37.6. The number of benzene rings is 3. The number of hydrogen-bond donors (Lipinski definition) is 1. The molecule has 6 nitrogen and oxygen atoms in total. The number of nitrogens with zero attached hydrogens (tertiary/aromatic N) is 3. The van der Waals surface area contributed by atoms with Crippen LogP contribution in [0.5, 0.6) is 0 Å². The third kappa shape index (κ3) is 4.58. The SMILES string of the molecule is C=CC(=O)c1cccc(-c2cc(-c3ccc(C(=O)Nc4ccccn4)cc3)cc3cncnc23)c1. The zero-order valence-electron chi connectivity index (χ0n) is 18.7. The lowest BCUT2D eigenvalue weighted by Gasteiger charge is -2.11. The van der Waals surface area contributed by atoms with Crippen molar-refractivity contribution in [3.05, 3.63) is 121 Å². The van der Waals surface area contributed by atoms with Crippen molar-refractivity contribution in [2.24, 2.45) is 0 Å². The van der Waals surface area contributed by atoms with Gasteiger partial charge in [-0.1, -0.05) is 43.0 Å². The lowest BCUT2D eigenvalue weighted by molar-refractivity contribution is 0.102. The average Bonchev–Trinajstić information content (AvgIpc) is 2.92. The van der Waals surface area contributed by atoms with E-state index in [0.29, 0.717) is 16.9 Å². The Kier molecular flexibility index (Phi) is 5.92. The molecule has 0 radical (unpaired) electrons. The first-order valence-electron chi connectivity index (χ1n) is 11.0. The van der Waals surface area contributed by atoms with Crippen LogP contribution in [0, 0.1) is 0 Å². The van der Waals surface area contributed by atoms with Crippen LogP contribution in [-0.2, 0) is 0 Å². The fourth-order valence-corrected chi connectivity index (χ4v) is 3.89. The van der Waals surface area contributed by atoms with E-state index in [0.717, 1.165) is 33.2 Å². The van der Waals surface area contributed by atoms with E-state index in [1.165, 1.54) is 12.4 Å². The fourth-order valence-electron chi connectivity index (χ4n) is 3.89. The van der Waals surface area contributed by atoms with E-state index in [1.807, 2.05) is 48.5 Å². The highest BCUT2D eigenvalue weighted by Crippen LogP contribution is 2.33. The van der Waals surface area contributed by atoms with Crippen molar-refractivity contribution in [1.29, 1.82) is 0 Å². The quantitative estimate of drug-likeness (QED) is 0.251. The summed E-state index contributed by atoms with van der Waals surface area (Å²) in [6.07, 6.45) is 6.21. The van der Waals surface area contributed by atoms with E-state index in [-0.39, 0.29) is 11.7 Å². The summed E-state index contributed by atoms with van der Waals surface area (Å²) in [5, 5.41) is 3.66. The van der Waals surface area contributed by atoms with Gasteiger partial charge in [-0.2, -0.15) is 0 Å². The molecule has 0 unspecified atom stereocenters. The zero-order valence-corrected chi connectivity index (χ0v) is 18.7. The summed E-state index contributed by atoms with van der Waals surface area (Å²) < 4.78 is 0. The van der Waals surface area contributed by atoms with Crippen LogP contribution in [0.1, 0.15) is 20.7 Å². The molecule has 35 heavy (non-hydrogen) atoms. The minimum absolute atomic E-state index is 0.137. The predicted octanol–water partition coefficient (Wildman–Crippen LogP) is 5.98. The van der Waals surface area contributed by atoms with E-state index in [4.69, 9.17) is 0 Å². The van der Waals surface area contributed by atoms with Crippen molar-refractivity contribution < 1.29 is 9.59 Å². The minimum atomic E-state index is -0.230. The third-order valence-corrected chi connectivity index (χ3v) is 5.64. The maximum atomic E-state index is 12.6. The van der Waals surface area contributed by atoms with Crippen LogP contribution in [-0.4, -0.2) is 26.6 Å². The second-order valence-corrected chi connectivity index (χ2v) is 7.88. The molecule has 0 spiro atoms. The van der Waals surface area contributed by atoms with Gasteiger partial charge in [0.1, 0.15) is 12.1 Å². The van der Waals surface area contributed by atoms with Crippen LogP contribution in [0.3, 0.4) is 0 Å². The Bertz CT molecular complexity index is 1560.